The Balaban J connectivity index is 1.65. The van der Waals surface area contributed by atoms with Gasteiger partial charge in [0.2, 0.25) is 0 Å². The van der Waals surface area contributed by atoms with Crippen LogP contribution in [0.2, 0.25) is 10.0 Å². The summed E-state index contributed by atoms with van der Waals surface area (Å²) in [6.45, 7) is 6.50. The molecule has 2 heterocycles. The fourth-order valence-corrected chi connectivity index (χ4v) is 4.22. The Morgan fingerprint density at radius 2 is 2.15 bits per heavy atom. The highest BCUT2D eigenvalue weighted by molar-refractivity contribution is 6.38. The quantitative estimate of drug-likeness (QED) is 0.475. The number of urea groups is 1. The molecular weight excluding hydrogens is 477 g/mol. The van der Waals surface area contributed by atoms with E-state index < -0.39 is 0 Å². The van der Waals surface area contributed by atoms with E-state index >= 15 is 0 Å². The van der Waals surface area contributed by atoms with Crippen LogP contribution in [0, 0.1) is 0 Å². The number of nitrogens with two attached hydrogens (primary N) is 2. The fraction of sp³-hybridized carbons (Fsp3) is 0.348. The van der Waals surface area contributed by atoms with E-state index in [1.54, 1.807) is 27.9 Å². The summed E-state index contributed by atoms with van der Waals surface area (Å²) in [6.07, 6.45) is 5.55. The Kier molecular flexibility index (Phi) is 7.04. The van der Waals surface area contributed by atoms with Gasteiger partial charge in [0.05, 0.1) is 35.4 Å². The molecule has 2 aromatic rings. The van der Waals surface area contributed by atoms with Crippen LogP contribution >= 0.6 is 23.2 Å². The van der Waals surface area contributed by atoms with Crippen molar-refractivity contribution in [2.24, 2.45) is 16.5 Å². The summed E-state index contributed by atoms with van der Waals surface area (Å²) in [6, 6.07) is 5.12. The molecule has 1 aliphatic carbocycles. The third-order valence-corrected chi connectivity index (χ3v) is 6.06. The monoisotopic (exact) mass is 503 g/mol. The van der Waals surface area contributed by atoms with Gasteiger partial charge in [0.15, 0.2) is 0 Å². The molecular formula is C23H27Cl2N7O2. The molecule has 11 heteroatoms. The molecule has 0 radical (unpaired) electrons. The van der Waals surface area contributed by atoms with Gasteiger partial charge in [0.25, 0.3) is 0 Å². The summed E-state index contributed by atoms with van der Waals surface area (Å²) in [5.41, 5.74) is 14.2. The number of aromatic nitrogens is 2. The highest BCUT2D eigenvalue weighted by atomic mass is 35.5. The number of halogens is 2. The lowest BCUT2D eigenvalue weighted by molar-refractivity contribution is 0.209. The molecule has 5 N–H and O–H groups in total. The summed E-state index contributed by atoms with van der Waals surface area (Å²) < 4.78 is 7.93. The van der Waals surface area contributed by atoms with Crippen LogP contribution in [-0.4, -0.2) is 52.2 Å². The third kappa shape index (κ3) is 5.48. The Hall–Kier alpha value is -3.17. The molecule has 1 fully saturated rings. The summed E-state index contributed by atoms with van der Waals surface area (Å²) in [5.74, 6) is 0.482. The topological polar surface area (TPSA) is 124 Å². The molecule has 1 saturated carbocycles. The van der Waals surface area contributed by atoms with Crippen LogP contribution in [0.4, 0.5) is 4.79 Å². The summed E-state index contributed by atoms with van der Waals surface area (Å²) >= 11 is 12.9. The van der Waals surface area contributed by atoms with E-state index in [9.17, 15) is 4.79 Å². The van der Waals surface area contributed by atoms with Crippen LogP contribution in [0.1, 0.15) is 31.4 Å². The van der Waals surface area contributed by atoms with Crippen molar-refractivity contribution in [2.75, 3.05) is 19.7 Å². The fourth-order valence-electron chi connectivity index (χ4n) is 3.65. The average Bonchev–Trinajstić information content (AvgIpc) is 3.25. The van der Waals surface area contributed by atoms with Crippen molar-refractivity contribution in [3.63, 3.8) is 0 Å². The van der Waals surface area contributed by atoms with Crippen LogP contribution < -0.4 is 21.5 Å². The van der Waals surface area contributed by atoms with E-state index in [-0.39, 0.29) is 37.0 Å². The third-order valence-electron chi connectivity index (χ3n) is 5.54. The smallest absolute Gasteiger partial charge is 0.318 e. The van der Waals surface area contributed by atoms with Gasteiger partial charge in [-0.15, -0.1) is 0 Å². The predicted octanol–water partition coefficient (Wildman–Crippen LogP) is 3.45. The van der Waals surface area contributed by atoms with Crippen molar-refractivity contribution in [3.8, 4) is 5.75 Å². The maximum absolute atomic E-state index is 12.6. The zero-order valence-electron chi connectivity index (χ0n) is 18.8. The van der Waals surface area contributed by atoms with Gasteiger partial charge in [-0.2, -0.15) is 5.10 Å². The highest BCUT2D eigenvalue weighted by Gasteiger charge is 2.33. The zero-order valence-corrected chi connectivity index (χ0v) is 20.3. The number of carbonyl (C=O) groups is 1. The van der Waals surface area contributed by atoms with Crippen molar-refractivity contribution in [2.45, 2.75) is 31.8 Å². The molecule has 1 aromatic carbocycles. The second-order valence-corrected chi connectivity index (χ2v) is 9.29. The molecule has 180 valence electrons. The van der Waals surface area contributed by atoms with Gasteiger partial charge in [0.1, 0.15) is 18.2 Å². The Morgan fingerprint density at radius 3 is 2.79 bits per heavy atom. The number of carbonyl (C=O) groups excluding carboxylic acids is 1. The Bertz CT molecular complexity index is 1160. The molecule has 9 nitrogen and oxygen atoms in total. The Labute approximate surface area is 208 Å². The van der Waals surface area contributed by atoms with Crippen LogP contribution in [-0.2, 0) is 0 Å². The van der Waals surface area contributed by atoms with Crippen molar-refractivity contribution < 1.29 is 9.53 Å². The van der Waals surface area contributed by atoms with Gasteiger partial charge in [0, 0.05) is 34.7 Å². The number of amides is 2. The van der Waals surface area contributed by atoms with Crippen molar-refractivity contribution in [1.82, 2.24) is 20.0 Å². The van der Waals surface area contributed by atoms with Crippen molar-refractivity contribution in [1.29, 1.82) is 0 Å². The number of aliphatic imine (C=N–C) groups is 1. The summed E-state index contributed by atoms with van der Waals surface area (Å²) in [5, 5.41) is 7.95. The van der Waals surface area contributed by atoms with Gasteiger partial charge in [-0.05, 0) is 38.0 Å². The molecule has 34 heavy (non-hydrogen) atoms. The first-order valence-corrected chi connectivity index (χ1v) is 11.7. The van der Waals surface area contributed by atoms with Crippen LogP contribution in [0.5, 0.6) is 5.75 Å². The highest BCUT2D eigenvalue weighted by Crippen LogP contribution is 2.35. The normalized spacial score (nSPS) is 17.1. The maximum atomic E-state index is 12.6. The number of ether oxygens (including phenoxy) is 1. The lowest BCUT2D eigenvalue weighted by Crippen LogP contribution is -2.40. The first kappa shape index (κ1) is 24.0. The van der Waals surface area contributed by atoms with E-state index in [1.807, 2.05) is 19.2 Å². The second kappa shape index (κ2) is 9.99. The number of hydrogen-bond donors (Lipinski definition) is 3. The minimum Gasteiger partial charge on any atom is -0.491 e. The molecule has 0 bridgehead atoms. The van der Waals surface area contributed by atoms with Gasteiger partial charge in [-0.1, -0.05) is 29.8 Å². The van der Waals surface area contributed by atoms with E-state index in [2.05, 4.69) is 22.0 Å². The van der Waals surface area contributed by atoms with Gasteiger partial charge < -0.3 is 26.4 Å². The lowest BCUT2D eigenvalue weighted by Gasteiger charge is -2.20. The van der Waals surface area contributed by atoms with E-state index in [0.29, 0.717) is 44.9 Å². The molecule has 0 saturated heterocycles. The molecule has 1 unspecified atom stereocenters. The van der Waals surface area contributed by atoms with Crippen LogP contribution in [0.25, 0.3) is 0 Å². The average molecular weight is 504 g/mol. The molecule has 1 aromatic heterocycles. The second-order valence-electron chi connectivity index (χ2n) is 8.44. The zero-order chi connectivity index (χ0) is 24.4. The standard InChI is InChI=1S/C23H27Cl2N7O2/c1-13(32-7-3-6-28-32)12-34-20-9-15(24)8-18(25)21(20)22(29-14(2)26)17-10-31(11-19(17)27)23(33)30-16-4-5-16/h3,6-9,13,16H,2,4-5,10-12,26-27H2,1H3,(H,30,33). The number of nitrogens with zero attached hydrogens (tertiary/aromatic N) is 4. The first-order chi connectivity index (χ1) is 16.2. The number of rotatable bonds is 8. The van der Waals surface area contributed by atoms with Crippen molar-refractivity contribution >= 4 is 34.9 Å². The molecule has 2 amide bonds. The van der Waals surface area contributed by atoms with E-state index in [4.69, 9.17) is 39.4 Å². The van der Waals surface area contributed by atoms with Gasteiger partial charge in [-0.3, -0.25) is 4.68 Å². The number of hydrogen-bond acceptors (Lipinski definition) is 6. The molecule has 0 spiro atoms. The number of benzene rings is 1. The van der Waals surface area contributed by atoms with Crippen molar-refractivity contribution in [3.05, 3.63) is 69.9 Å². The molecule has 4 rings (SSSR count). The summed E-state index contributed by atoms with van der Waals surface area (Å²) in [7, 11) is 0. The molecule has 1 aliphatic heterocycles. The van der Waals surface area contributed by atoms with E-state index in [0.717, 1.165) is 12.8 Å². The maximum Gasteiger partial charge on any atom is 0.318 e. The van der Waals surface area contributed by atoms with Gasteiger partial charge >= 0.3 is 6.03 Å². The first-order valence-electron chi connectivity index (χ1n) is 10.9. The largest absolute Gasteiger partial charge is 0.491 e. The predicted molar refractivity (Wildman–Crippen MR) is 133 cm³/mol. The van der Waals surface area contributed by atoms with Crippen LogP contribution in [0.15, 0.2) is 59.3 Å². The Morgan fingerprint density at radius 1 is 1.38 bits per heavy atom. The number of nitrogens with one attached hydrogen (secondary N) is 1. The lowest BCUT2D eigenvalue weighted by atomic mass is 10.0. The van der Waals surface area contributed by atoms with Crippen LogP contribution in [0.3, 0.4) is 0 Å². The summed E-state index contributed by atoms with van der Waals surface area (Å²) in [4.78, 5) is 18.7. The SMILES string of the molecule is C=C(N)N=C(C1=C(N)CN(C(=O)NC2CC2)C1)c1c(Cl)cc(Cl)cc1OCC(C)n1cccn1. The molecule has 1 atom stereocenters. The van der Waals surface area contributed by atoms with Gasteiger partial charge in [-0.25, -0.2) is 9.79 Å². The minimum absolute atomic E-state index is 0.0529. The van der Waals surface area contributed by atoms with E-state index in [1.165, 1.54) is 0 Å². The minimum atomic E-state index is -0.168. The molecule has 2 aliphatic rings.